The van der Waals surface area contributed by atoms with Gasteiger partial charge in [0.05, 0.1) is 6.26 Å². The van der Waals surface area contributed by atoms with E-state index < -0.39 is 0 Å². The predicted molar refractivity (Wildman–Crippen MR) is 32.5 cm³/mol. The molecule has 0 aliphatic heterocycles. The second-order valence-electron chi connectivity index (χ2n) is 1.75. The SMILES string of the molecule is [CH2]Cc1ccoc1C. The summed E-state index contributed by atoms with van der Waals surface area (Å²) in [6, 6.07) is 1.95. The van der Waals surface area contributed by atoms with Crippen LogP contribution in [0.25, 0.3) is 0 Å². The minimum Gasteiger partial charge on any atom is -0.469 e. The summed E-state index contributed by atoms with van der Waals surface area (Å²) < 4.78 is 5.02. The smallest absolute Gasteiger partial charge is 0.103 e. The van der Waals surface area contributed by atoms with Crippen molar-refractivity contribution >= 4 is 0 Å². The lowest BCUT2D eigenvalue weighted by Gasteiger charge is -1.86. The zero-order chi connectivity index (χ0) is 5.98. The lowest BCUT2D eigenvalue weighted by atomic mass is 10.2. The highest BCUT2D eigenvalue weighted by Crippen LogP contribution is 2.07. The molecule has 1 heteroatoms. The Bertz CT molecular complexity index is 165. The number of hydrogen-bond acceptors (Lipinski definition) is 1. The molecule has 0 spiro atoms. The average molecular weight is 109 g/mol. The number of rotatable bonds is 1. The largest absolute Gasteiger partial charge is 0.469 e. The molecule has 1 nitrogen and oxygen atoms in total. The van der Waals surface area contributed by atoms with Crippen LogP contribution in [0.1, 0.15) is 11.3 Å². The lowest BCUT2D eigenvalue weighted by Crippen LogP contribution is -1.75. The van der Waals surface area contributed by atoms with E-state index in [0.717, 1.165) is 12.2 Å². The molecule has 0 bridgehead atoms. The highest BCUT2D eigenvalue weighted by Gasteiger charge is 1.94. The zero-order valence-corrected chi connectivity index (χ0v) is 4.98. The van der Waals surface area contributed by atoms with Gasteiger partial charge >= 0.3 is 0 Å². The Morgan fingerprint density at radius 1 is 1.75 bits per heavy atom. The van der Waals surface area contributed by atoms with Gasteiger partial charge in [-0.2, -0.15) is 0 Å². The minimum absolute atomic E-state index is 0.822. The first-order valence-electron chi connectivity index (χ1n) is 2.67. The van der Waals surface area contributed by atoms with E-state index >= 15 is 0 Å². The first-order valence-corrected chi connectivity index (χ1v) is 2.67. The molecule has 0 N–H and O–H groups in total. The zero-order valence-electron chi connectivity index (χ0n) is 4.98. The van der Waals surface area contributed by atoms with Crippen molar-refractivity contribution in [1.29, 1.82) is 0 Å². The van der Waals surface area contributed by atoms with E-state index in [-0.39, 0.29) is 0 Å². The van der Waals surface area contributed by atoms with Gasteiger partial charge in [-0.15, -0.1) is 0 Å². The first kappa shape index (κ1) is 5.42. The van der Waals surface area contributed by atoms with Crippen molar-refractivity contribution in [2.75, 3.05) is 0 Å². The standard InChI is InChI=1S/C7H9O/c1-3-7-4-5-8-6(7)2/h4-5H,1,3H2,2H3. The summed E-state index contributed by atoms with van der Waals surface area (Å²) in [5, 5.41) is 0. The van der Waals surface area contributed by atoms with Crippen molar-refractivity contribution in [1.82, 2.24) is 0 Å². The Hall–Kier alpha value is -0.720. The van der Waals surface area contributed by atoms with Crippen LogP contribution in [0, 0.1) is 13.8 Å². The summed E-state index contributed by atoms with van der Waals surface area (Å²) in [5.74, 6) is 0.986. The Labute approximate surface area is 49.3 Å². The normalized spacial score (nSPS) is 9.75. The topological polar surface area (TPSA) is 13.1 Å². The summed E-state index contributed by atoms with van der Waals surface area (Å²) in [6.45, 7) is 5.67. The Kier molecular flexibility index (Phi) is 1.38. The Morgan fingerprint density at radius 3 is 2.75 bits per heavy atom. The molecule has 43 valence electrons. The van der Waals surface area contributed by atoms with Gasteiger partial charge < -0.3 is 4.42 Å². The number of hydrogen-bond donors (Lipinski definition) is 0. The van der Waals surface area contributed by atoms with Gasteiger partial charge in [-0.3, -0.25) is 0 Å². The molecule has 0 saturated heterocycles. The molecule has 1 rings (SSSR count). The third-order valence-corrected chi connectivity index (χ3v) is 1.24. The van der Waals surface area contributed by atoms with Crippen molar-refractivity contribution < 1.29 is 4.42 Å². The van der Waals surface area contributed by atoms with Crippen LogP contribution in [0.5, 0.6) is 0 Å². The fourth-order valence-electron chi connectivity index (χ4n) is 0.671. The van der Waals surface area contributed by atoms with Crippen LogP contribution in [0.3, 0.4) is 0 Å². The van der Waals surface area contributed by atoms with Crippen LogP contribution in [-0.2, 0) is 6.42 Å². The third kappa shape index (κ3) is 0.760. The maximum absolute atomic E-state index is 5.02. The highest BCUT2D eigenvalue weighted by atomic mass is 16.3. The summed E-state index contributed by atoms with van der Waals surface area (Å²) >= 11 is 0. The maximum atomic E-state index is 5.02. The number of furan rings is 1. The molecule has 0 saturated carbocycles. The summed E-state index contributed by atoms with van der Waals surface area (Å²) in [7, 11) is 0. The molecule has 0 aliphatic carbocycles. The van der Waals surface area contributed by atoms with E-state index in [2.05, 4.69) is 6.92 Å². The van der Waals surface area contributed by atoms with Gasteiger partial charge in [-0.25, -0.2) is 0 Å². The van der Waals surface area contributed by atoms with E-state index in [0.29, 0.717) is 0 Å². The van der Waals surface area contributed by atoms with Crippen LogP contribution in [0.15, 0.2) is 16.7 Å². The lowest BCUT2D eigenvalue weighted by molar-refractivity contribution is 0.531. The van der Waals surface area contributed by atoms with Crippen molar-refractivity contribution in [2.45, 2.75) is 13.3 Å². The molecule has 8 heavy (non-hydrogen) atoms. The van der Waals surface area contributed by atoms with Crippen molar-refractivity contribution in [3.63, 3.8) is 0 Å². The molecule has 1 aromatic rings. The van der Waals surface area contributed by atoms with Crippen molar-refractivity contribution in [3.05, 3.63) is 30.6 Å². The quantitative estimate of drug-likeness (QED) is 0.537. The van der Waals surface area contributed by atoms with E-state index in [1.807, 2.05) is 13.0 Å². The van der Waals surface area contributed by atoms with Crippen molar-refractivity contribution in [3.8, 4) is 0 Å². The van der Waals surface area contributed by atoms with Gasteiger partial charge in [0.1, 0.15) is 5.76 Å². The highest BCUT2D eigenvalue weighted by molar-refractivity contribution is 5.15. The molecule has 0 aromatic carbocycles. The van der Waals surface area contributed by atoms with Gasteiger partial charge in [0.2, 0.25) is 0 Å². The van der Waals surface area contributed by atoms with Gasteiger partial charge in [0.25, 0.3) is 0 Å². The van der Waals surface area contributed by atoms with Crippen LogP contribution >= 0.6 is 0 Å². The summed E-state index contributed by atoms with van der Waals surface area (Å²) in [4.78, 5) is 0. The van der Waals surface area contributed by atoms with Gasteiger partial charge in [-0.1, -0.05) is 0 Å². The molecular formula is C7H9O. The van der Waals surface area contributed by atoms with Gasteiger partial charge in [0, 0.05) is 0 Å². The molecular weight excluding hydrogens is 100 g/mol. The third-order valence-electron chi connectivity index (χ3n) is 1.24. The average Bonchev–Trinajstić information content (AvgIpc) is 2.14. The van der Waals surface area contributed by atoms with E-state index in [1.54, 1.807) is 6.26 Å². The van der Waals surface area contributed by atoms with Crippen LogP contribution in [-0.4, -0.2) is 0 Å². The molecule has 0 aliphatic rings. The van der Waals surface area contributed by atoms with Crippen LogP contribution in [0.2, 0.25) is 0 Å². The molecule has 0 amide bonds. The van der Waals surface area contributed by atoms with Crippen molar-refractivity contribution in [2.24, 2.45) is 0 Å². The summed E-state index contributed by atoms with van der Waals surface area (Å²) in [5.41, 5.74) is 1.20. The van der Waals surface area contributed by atoms with E-state index in [9.17, 15) is 0 Å². The maximum Gasteiger partial charge on any atom is 0.103 e. The molecule has 1 heterocycles. The van der Waals surface area contributed by atoms with Gasteiger partial charge in [-0.05, 0) is 31.9 Å². The first-order chi connectivity index (χ1) is 3.84. The predicted octanol–water partition coefficient (Wildman–Crippen LogP) is 1.96. The molecule has 1 radical (unpaired) electrons. The molecule has 0 atom stereocenters. The Balaban J connectivity index is 2.92. The molecule has 0 fully saturated rings. The van der Waals surface area contributed by atoms with Crippen LogP contribution in [0.4, 0.5) is 0 Å². The fraction of sp³-hybridized carbons (Fsp3) is 0.286. The monoisotopic (exact) mass is 109 g/mol. The second kappa shape index (κ2) is 2.03. The van der Waals surface area contributed by atoms with E-state index in [4.69, 9.17) is 4.42 Å². The second-order valence-corrected chi connectivity index (χ2v) is 1.75. The fourth-order valence-corrected chi connectivity index (χ4v) is 0.671. The number of aryl methyl sites for hydroxylation is 1. The Morgan fingerprint density at radius 2 is 2.50 bits per heavy atom. The summed E-state index contributed by atoms with van der Waals surface area (Å²) in [6.07, 6.45) is 2.51. The molecule has 0 unspecified atom stereocenters. The minimum atomic E-state index is 0.822. The molecule has 1 aromatic heterocycles. The van der Waals surface area contributed by atoms with E-state index in [1.165, 1.54) is 5.56 Å². The van der Waals surface area contributed by atoms with Gasteiger partial charge in [0.15, 0.2) is 0 Å². The van der Waals surface area contributed by atoms with Crippen LogP contribution < -0.4 is 0 Å².